The fourth-order valence-electron chi connectivity index (χ4n) is 2.42. The van der Waals surface area contributed by atoms with Crippen LogP contribution in [-0.4, -0.2) is 43.9 Å². The van der Waals surface area contributed by atoms with Gasteiger partial charge in [0.1, 0.15) is 6.04 Å². The summed E-state index contributed by atoms with van der Waals surface area (Å²) < 4.78 is 9.78. The van der Waals surface area contributed by atoms with E-state index in [-0.39, 0.29) is 17.0 Å². The average Bonchev–Trinajstić information content (AvgIpc) is 2.72. The first-order chi connectivity index (χ1) is 13.4. The molecule has 1 unspecified atom stereocenters. The van der Waals surface area contributed by atoms with E-state index in [1.807, 2.05) is 36.6 Å². The highest BCUT2D eigenvalue weighted by Gasteiger charge is 2.23. The summed E-state index contributed by atoms with van der Waals surface area (Å²) in [5.74, 6) is -1.91. The van der Waals surface area contributed by atoms with Gasteiger partial charge in [-0.3, -0.25) is 4.79 Å². The number of ether oxygens (including phenoxy) is 2. The fourth-order valence-corrected chi connectivity index (χ4v) is 3.05. The third kappa shape index (κ3) is 6.28. The summed E-state index contributed by atoms with van der Waals surface area (Å²) in [7, 11) is 1.24. The molecule has 0 aliphatic heterocycles. The van der Waals surface area contributed by atoms with Crippen molar-refractivity contribution in [2.75, 3.05) is 20.0 Å². The Morgan fingerprint density at radius 1 is 1.14 bits per heavy atom. The number of esters is 2. The molecule has 0 heterocycles. The zero-order chi connectivity index (χ0) is 20.5. The lowest BCUT2D eigenvalue weighted by Crippen LogP contribution is -2.44. The molecule has 1 N–H and O–H groups in total. The van der Waals surface area contributed by atoms with Crippen LogP contribution in [0.4, 0.5) is 0 Å². The molecule has 1 atom stereocenters. The fraction of sp³-hybridized carbons (Fsp3) is 0.250. The minimum Gasteiger partial charge on any atom is -0.467 e. The topological polar surface area (TPSA) is 81.7 Å². The molecule has 0 radical (unpaired) electrons. The highest BCUT2D eigenvalue weighted by molar-refractivity contribution is 7.98. The van der Waals surface area contributed by atoms with Crippen molar-refractivity contribution in [2.24, 2.45) is 0 Å². The number of thioether (sulfide) groups is 1. The Morgan fingerprint density at radius 2 is 1.86 bits per heavy atom. The van der Waals surface area contributed by atoms with Crippen LogP contribution in [0.5, 0.6) is 0 Å². The molecule has 2 aromatic carbocycles. The van der Waals surface area contributed by atoms with E-state index >= 15 is 0 Å². The summed E-state index contributed by atoms with van der Waals surface area (Å²) in [6.07, 6.45) is 2.13. The Hall–Kier alpha value is -2.51. The van der Waals surface area contributed by atoms with E-state index in [4.69, 9.17) is 21.1 Å². The van der Waals surface area contributed by atoms with Gasteiger partial charge in [0.15, 0.2) is 6.61 Å². The van der Waals surface area contributed by atoms with Crippen LogP contribution in [0.25, 0.3) is 0 Å². The molecule has 0 fully saturated rings. The second kappa shape index (κ2) is 10.7. The summed E-state index contributed by atoms with van der Waals surface area (Å²) >= 11 is 7.48. The number of nitrogens with one attached hydrogen (secondary N) is 1. The summed E-state index contributed by atoms with van der Waals surface area (Å²) in [6, 6.07) is 13.3. The van der Waals surface area contributed by atoms with Crippen molar-refractivity contribution in [1.29, 1.82) is 0 Å². The SMILES string of the molecule is COC(=O)C(Cc1ccccc1)NC(=O)COC(=O)c1cc(SC)ccc1Cl. The number of rotatable bonds is 8. The molecule has 28 heavy (non-hydrogen) atoms. The lowest BCUT2D eigenvalue weighted by molar-refractivity contribution is -0.145. The number of hydrogen-bond donors (Lipinski definition) is 1. The Bertz CT molecular complexity index is 844. The molecule has 0 saturated carbocycles. The van der Waals surface area contributed by atoms with Crippen LogP contribution in [0, 0.1) is 0 Å². The van der Waals surface area contributed by atoms with Gasteiger partial charge in [-0.1, -0.05) is 41.9 Å². The standard InChI is InChI=1S/C20H20ClNO5S/c1-26-20(25)17(10-13-6-4-3-5-7-13)22-18(23)12-27-19(24)15-11-14(28-2)8-9-16(15)21/h3-9,11,17H,10,12H2,1-2H3,(H,22,23). The molecule has 0 aliphatic rings. The summed E-state index contributed by atoms with van der Waals surface area (Å²) in [5.41, 5.74) is 1.03. The van der Waals surface area contributed by atoms with Gasteiger partial charge >= 0.3 is 11.9 Å². The molecule has 0 bridgehead atoms. The number of halogens is 1. The van der Waals surface area contributed by atoms with Crippen LogP contribution in [-0.2, 0) is 25.5 Å². The molecule has 2 aromatic rings. The summed E-state index contributed by atoms with van der Waals surface area (Å²) in [6.45, 7) is -0.541. The number of benzene rings is 2. The second-order valence-electron chi connectivity index (χ2n) is 5.75. The van der Waals surface area contributed by atoms with E-state index in [0.29, 0.717) is 0 Å². The smallest absolute Gasteiger partial charge is 0.340 e. The first-order valence-electron chi connectivity index (χ1n) is 8.36. The highest BCUT2D eigenvalue weighted by atomic mass is 35.5. The number of methoxy groups -OCH3 is 1. The molecule has 6 nitrogen and oxygen atoms in total. The van der Waals surface area contributed by atoms with E-state index in [0.717, 1.165) is 10.5 Å². The van der Waals surface area contributed by atoms with Crippen molar-refractivity contribution in [1.82, 2.24) is 5.32 Å². The normalized spacial score (nSPS) is 11.4. The lowest BCUT2D eigenvalue weighted by atomic mass is 10.1. The van der Waals surface area contributed by atoms with Crippen molar-refractivity contribution < 1.29 is 23.9 Å². The van der Waals surface area contributed by atoms with E-state index in [9.17, 15) is 14.4 Å². The Kier molecular flexibility index (Phi) is 8.35. The quantitative estimate of drug-likeness (QED) is 0.521. The minimum absolute atomic E-state index is 0.176. The summed E-state index contributed by atoms with van der Waals surface area (Å²) in [4.78, 5) is 37.2. The van der Waals surface area contributed by atoms with Crippen LogP contribution in [0.15, 0.2) is 53.4 Å². The molecule has 2 rings (SSSR count). The van der Waals surface area contributed by atoms with Crippen molar-refractivity contribution in [3.8, 4) is 0 Å². The van der Waals surface area contributed by atoms with Crippen LogP contribution < -0.4 is 5.32 Å². The van der Waals surface area contributed by atoms with Gasteiger partial charge in [-0.2, -0.15) is 0 Å². The molecule has 148 valence electrons. The van der Waals surface area contributed by atoms with E-state index in [2.05, 4.69) is 5.32 Å². The molecule has 1 amide bonds. The van der Waals surface area contributed by atoms with E-state index < -0.39 is 30.5 Å². The largest absolute Gasteiger partial charge is 0.467 e. The third-order valence-electron chi connectivity index (χ3n) is 3.83. The van der Waals surface area contributed by atoms with Crippen molar-refractivity contribution in [3.05, 3.63) is 64.7 Å². The molecule has 0 aliphatic carbocycles. The Morgan fingerprint density at radius 3 is 2.50 bits per heavy atom. The van der Waals surface area contributed by atoms with Crippen LogP contribution in [0.2, 0.25) is 5.02 Å². The molecular weight excluding hydrogens is 402 g/mol. The van der Waals surface area contributed by atoms with Gasteiger partial charge in [-0.15, -0.1) is 11.8 Å². The van der Waals surface area contributed by atoms with Crippen molar-refractivity contribution >= 4 is 41.2 Å². The Labute approximate surface area is 172 Å². The number of carbonyl (C=O) groups excluding carboxylic acids is 3. The monoisotopic (exact) mass is 421 g/mol. The zero-order valence-electron chi connectivity index (χ0n) is 15.4. The lowest BCUT2D eigenvalue weighted by Gasteiger charge is -2.16. The second-order valence-corrected chi connectivity index (χ2v) is 7.04. The van der Waals surface area contributed by atoms with Crippen molar-refractivity contribution in [2.45, 2.75) is 17.4 Å². The molecule has 0 spiro atoms. The van der Waals surface area contributed by atoms with Crippen LogP contribution in [0.3, 0.4) is 0 Å². The van der Waals surface area contributed by atoms with Gasteiger partial charge in [0.2, 0.25) is 0 Å². The van der Waals surface area contributed by atoms with Gasteiger partial charge < -0.3 is 14.8 Å². The first-order valence-corrected chi connectivity index (χ1v) is 9.96. The third-order valence-corrected chi connectivity index (χ3v) is 4.89. The predicted molar refractivity (Wildman–Crippen MR) is 108 cm³/mol. The van der Waals surface area contributed by atoms with Crippen LogP contribution >= 0.6 is 23.4 Å². The van der Waals surface area contributed by atoms with Gasteiger partial charge in [0.05, 0.1) is 17.7 Å². The number of hydrogen-bond acceptors (Lipinski definition) is 6. The Balaban J connectivity index is 1.97. The molecule has 0 saturated heterocycles. The van der Waals surface area contributed by atoms with Crippen molar-refractivity contribution in [3.63, 3.8) is 0 Å². The maximum absolute atomic E-state index is 12.2. The maximum atomic E-state index is 12.2. The highest BCUT2D eigenvalue weighted by Crippen LogP contribution is 2.23. The molecule has 0 aromatic heterocycles. The number of amides is 1. The molecular formula is C20H20ClNO5S. The number of carbonyl (C=O) groups is 3. The van der Waals surface area contributed by atoms with E-state index in [1.54, 1.807) is 18.2 Å². The van der Waals surface area contributed by atoms with Gasteiger partial charge in [0, 0.05) is 11.3 Å². The van der Waals surface area contributed by atoms with Crippen LogP contribution in [0.1, 0.15) is 15.9 Å². The van der Waals surface area contributed by atoms with E-state index in [1.165, 1.54) is 18.9 Å². The first kappa shape index (κ1) is 21.8. The zero-order valence-corrected chi connectivity index (χ0v) is 17.0. The minimum atomic E-state index is -0.887. The predicted octanol–water partition coefficient (Wildman–Crippen LogP) is 3.12. The van der Waals surface area contributed by atoms with Gasteiger partial charge in [-0.25, -0.2) is 9.59 Å². The molecule has 8 heteroatoms. The average molecular weight is 422 g/mol. The summed E-state index contributed by atoms with van der Waals surface area (Å²) in [5, 5.41) is 2.77. The van der Waals surface area contributed by atoms with Gasteiger partial charge in [-0.05, 0) is 30.0 Å². The maximum Gasteiger partial charge on any atom is 0.340 e. The van der Waals surface area contributed by atoms with Gasteiger partial charge in [0.25, 0.3) is 5.91 Å².